The lowest BCUT2D eigenvalue weighted by molar-refractivity contribution is -0.00363. The van der Waals surface area contributed by atoms with Gasteiger partial charge in [-0.1, -0.05) is 12.8 Å². The van der Waals surface area contributed by atoms with E-state index in [0.717, 1.165) is 18.9 Å². The summed E-state index contributed by atoms with van der Waals surface area (Å²) in [6, 6.07) is 5.83. The van der Waals surface area contributed by atoms with Gasteiger partial charge in [0, 0.05) is 18.2 Å². The number of likely N-dealkylation sites (tertiary alicyclic amines) is 1. The topological polar surface area (TPSA) is 59.2 Å². The molecule has 2 aliphatic rings. The van der Waals surface area contributed by atoms with Gasteiger partial charge < -0.3 is 4.90 Å². The highest BCUT2D eigenvalue weighted by molar-refractivity contribution is 5.97. The molecule has 1 aromatic heterocycles. The van der Waals surface area contributed by atoms with Gasteiger partial charge in [-0.05, 0) is 47.3 Å². The highest BCUT2D eigenvalue weighted by atomic mass is 16.6. The van der Waals surface area contributed by atoms with Crippen LogP contribution in [0.25, 0.3) is 11.0 Å². The zero-order valence-electron chi connectivity index (χ0n) is 10.6. The molecule has 2 aromatic rings. The van der Waals surface area contributed by atoms with Gasteiger partial charge in [0.1, 0.15) is 11.0 Å². The van der Waals surface area contributed by atoms with Crippen molar-refractivity contribution in [1.29, 1.82) is 0 Å². The van der Waals surface area contributed by atoms with E-state index in [1.54, 1.807) is 12.1 Å². The molecule has 1 amide bonds. The van der Waals surface area contributed by atoms with Crippen LogP contribution in [0.3, 0.4) is 0 Å². The van der Waals surface area contributed by atoms with Crippen molar-refractivity contribution in [3.8, 4) is 0 Å². The van der Waals surface area contributed by atoms with Crippen molar-refractivity contribution >= 4 is 16.9 Å². The average Bonchev–Trinajstić information content (AvgIpc) is 2.87. The van der Waals surface area contributed by atoms with Crippen LogP contribution in [0, 0.1) is 5.92 Å². The molecule has 2 fully saturated rings. The van der Waals surface area contributed by atoms with Crippen molar-refractivity contribution < 1.29 is 9.42 Å². The zero-order chi connectivity index (χ0) is 12.8. The number of hydrogen-bond donors (Lipinski definition) is 0. The van der Waals surface area contributed by atoms with Crippen LogP contribution >= 0.6 is 0 Å². The molecule has 1 saturated heterocycles. The second-order valence-electron chi connectivity index (χ2n) is 5.54. The minimum absolute atomic E-state index is 0.119. The minimum Gasteiger partial charge on any atom is -0.335 e. The molecule has 4 rings (SSSR count). The first kappa shape index (κ1) is 11.0. The van der Waals surface area contributed by atoms with E-state index in [0.29, 0.717) is 22.6 Å². The summed E-state index contributed by atoms with van der Waals surface area (Å²) in [7, 11) is 0. The normalized spacial score (nSPS) is 26.0. The van der Waals surface area contributed by atoms with E-state index < -0.39 is 0 Å². The van der Waals surface area contributed by atoms with Gasteiger partial charge in [-0.25, -0.2) is 4.63 Å². The fourth-order valence-electron chi connectivity index (χ4n) is 3.38. The largest absolute Gasteiger partial charge is 0.335 e. The maximum atomic E-state index is 12.5. The van der Waals surface area contributed by atoms with E-state index in [1.807, 2.05) is 11.0 Å². The molecule has 5 nitrogen and oxygen atoms in total. The molecule has 2 unspecified atom stereocenters. The number of benzene rings is 1. The molecule has 1 aliphatic carbocycles. The van der Waals surface area contributed by atoms with Crippen LogP contribution in [-0.2, 0) is 0 Å². The summed E-state index contributed by atoms with van der Waals surface area (Å²) in [5, 5.41) is 7.54. The smallest absolute Gasteiger partial charge is 0.254 e. The molecule has 5 heteroatoms. The Bertz CT molecular complexity index is 636. The number of hydrogen-bond acceptors (Lipinski definition) is 4. The molecule has 2 atom stereocenters. The van der Waals surface area contributed by atoms with Gasteiger partial charge in [0.2, 0.25) is 0 Å². The van der Waals surface area contributed by atoms with Gasteiger partial charge >= 0.3 is 0 Å². The lowest BCUT2D eigenvalue weighted by atomic mass is 9.76. The summed E-state index contributed by atoms with van der Waals surface area (Å²) in [4.78, 5) is 14.5. The van der Waals surface area contributed by atoms with Crippen LogP contribution in [0.4, 0.5) is 0 Å². The molecular weight excluding hydrogens is 242 g/mol. The molecule has 0 N–H and O–H groups in total. The molecule has 1 aromatic carbocycles. The minimum atomic E-state index is 0.119. The molecule has 0 spiro atoms. The maximum absolute atomic E-state index is 12.5. The first-order chi connectivity index (χ1) is 9.33. The van der Waals surface area contributed by atoms with E-state index >= 15 is 0 Å². The third kappa shape index (κ3) is 1.64. The Morgan fingerprint density at radius 3 is 2.95 bits per heavy atom. The fraction of sp³-hybridized carbons (Fsp3) is 0.500. The van der Waals surface area contributed by atoms with E-state index in [9.17, 15) is 4.79 Å². The van der Waals surface area contributed by atoms with Gasteiger partial charge in [0.15, 0.2) is 0 Å². The van der Waals surface area contributed by atoms with Crippen LogP contribution in [0.5, 0.6) is 0 Å². The fourth-order valence-corrected chi connectivity index (χ4v) is 3.38. The van der Waals surface area contributed by atoms with E-state index in [4.69, 9.17) is 0 Å². The Kier molecular flexibility index (Phi) is 2.33. The third-order valence-electron chi connectivity index (χ3n) is 4.46. The second-order valence-corrected chi connectivity index (χ2v) is 5.54. The first-order valence-electron chi connectivity index (χ1n) is 6.86. The molecule has 98 valence electrons. The number of rotatable bonds is 1. The summed E-state index contributed by atoms with van der Waals surface area (Å²) in [6.07, 6.45) is 5.00. The molecule has 19 heavy (non-hydrogen) atoms. The third-order valence-corrected chi connectivity index (χ3v) is 4.46. The molecule has 1 saturated carbocycles. The van der Waals surface area contributed by atoms with Crippen molar-refractivity contribution in [3.05, 3.63) is 23.8 Å². The van der Waals surface area contributed by atoms with Crippen LogP contribution in [0.2, 0.25) is 0 Å². The summed E-state index contributed by atoms with van der Waals surface area (Å²) in [6.45, 7) is 0.915. The molecule has 2 heterocycles. The zero-order valence-corrected chi connectivity index (χ0v) is 10.6. The lowest BCUT2D eigenvalue weighted by Crippen LogP contribution is -2.59. The van der Waals surface area contributed by atoms with Gasteiger partial charge in [-0.2, -0.15) is 0 Å². The van der Waals surface area contributed by atoms with Gasteiger partial charge in [-0.15, -0.1) is 0 Å². The molecular formula is C14H15N3O2. The summed E-state index contributed by atoms with van der Waals surface area (Å²) in [5.74, 6) is 0.850. The maximum Gasteiger partial charge on any atom is 0.254 e. The Morgan fingerprint density at radius 1 is 1.21 bits per heavy atom. The Labute approximate surface area is 110 Å². The number of carbonyl (C=O) groups is 1. The van der Waals surface area contributed by atoms with Crippen molar-refractivity contribution in [3.63, 3.8) is 0 Å². The lowest BCUT2D eigenvalue weighted by Gasteiger charge is -2.51. The summed E-state index contributed by atoms with van der Waals surface area (Å²) in [5.41, 5.74) is 2.02. The number of aromatic nitrogens is 2. The number of fused-ring (bicyclic) bond motifs is 2. The Morgan fingerprint density at radius 2 is 2.05 bits per heavy atom. The number of nitrogens with zero attached hydrogens (tertiary/aromatic N) is 3. The van der Waals surface area contributed by atoms with Crippen LogP contribution < -0.4 is 0 Å². The van der Waals surface area contributed by atoms with Crippen molar-refractivity contribution in [2.24, 2.45) is 5.92 Å². The predicted molar refractivity (Wildman–Crippen MR) is 68.6 cm³/mol. The van der Waals surface area contributed by atoms with Gasteiger partial charge in [-0.3, -0.25) is 4.79 Å². The van der Waals surface area contributed by atoms with Crippen molar-refractivity contribution in [1.82, 2.24) is 15.2 Å². The summed E-state index contributed by atoms with van der Waals surface area (Å²) < 4.78 is 4.66. The van der Waals surface area contributed by atoms with Crippen molar-refractivity contribution in [2.45, 2.75) is 31.7 Å². The van der Waals surface area contributed by atoms with E-state index in [2.05, 4.69) is 14.9 Å². The number of amides is 1. The second kappa shape index (κ2) is 4.05. The quantitative estimate of drug-likeness (QED) is 0.786. The highest BCUT2D eigenvalue weighted by Crippen LogP contribution is 2.38. The van der Waals surface area contributed by atoms with Gasteiger partial charge in [0.25, 0.3) is 5.91 Å². The summed E-state index contributed by atoms with van der Waals surface area (Å²) >= 11 is 0. The molecule has 0 radical (unpaired) electrons. The molecule has 0 bridgehead atoms. The van der Waals surface area contributed by atoms with Crippen LogP contribution in [0.15, 0.2) is 22.8 Å². The van der Waals surface area contributed by atoms with Crippen molar-refractivity contribution in [2.75, 3.05) is 6.54 Å². The highest BCUT2D eigenvalue weighted by Gasteiger charge is 2.42. The Balaban J connectivity index is 1.59. The Hall–Kier alpha value is -1.91. The van der Waals surface area contributed by atoms with Crippen LogP contribution in [0.1, 0.15) is 36.0 Å². The average molecular weight is 257 g/mol. The SMILES string of the molecule is O=C(c1ccc2nonc2c1)N1CC2CCCCC21. The first-order valence-corrected chi connectivity index (χ1v) is 6.86. The predicted octanol–water partition coefficient (Wildman–Crippen LogP) is 2.24. The molecule has 1 aliphatic heterocycles. The van der Waals surface area contributed by atoms with E-state index in [-0.39, 0.29) is 5.91 Å². The standard InChI is InChI=1S/C14H15N3O2/c18-14(17-8-10-3-1-2-4-13(10)17)9-5-6-11-12(7-9)16-19-15-11/h5-7,10,13H,1-4,8H2. The van der Waals surface area contributed by atoms with Crippen LogP contribution in [-0.4, -0.2) is 33.7 Å². The van der Waals surface area contributed by atoms with Gasteiger partial charge in [0.05, 0.1) is 0 Å². The number of carbonyl (C=O) groups excluding carboxylic acids is 1. The van der Waals surface area contributed by atoms with E-state index in [1.165, 1.54) is 19.3 Å². The monoisotopic (exact) mass is 257 g/mol.